The van der Waals surface area contributed by atoms with Crippen molar-refractivity contribution in [2.75, 3.05) is 5.32 Å². The van der Waals surface area contributed by atoms with Gasteiger partial charge in [-0.25, -0.2) is 0 Å². The van der Waals surface area contributed by atoms with Gasteiger partial charge in [0.15, 0.2) is 0 Å². The first-order valence-corrected chi connectivity index (χ1v) is 6.21. The van der Waals surface area contributed by atoms with Gasteiger partial charge in [-0.2, -0.15) is 0 Å². The highest BCUT2D eigenvalue weighted by molar-refractivity contribution is 6.06. The number of aryl methyl sites for hydroxylation is 1. The van der Waals surface area contributed by atoms with Crippen LogP contribution >= 0.6 is 0 Å². The number of rotatable bonds is 1. The Morgan fingerprint density at radius 1 is 1.38 bits per heavy atom. The highest BCUT2D eigenvalue weighted by atomic mass is 16.2. The van der Waals surface area contributed by atoms with Gasteiger partial charge in [0.1, 0.15) is 0 Å². The minimum Gasteiger partial charge on any atom is -0.325 e. The molecule has 0 saturated heterocycles. The first-order chi connectivity index (χ1) is 7.76. The number of hydrogen-bond acceptors (Lipinski definition) is 1. The fourth-order valence-electron chi connectivity index (χ4n) is 3.16. The molecule has 1 aliphatic heterocycles. The summed E-state index contributed by atoms with van der Waals surface area (Å²) in [7, 11) is 0. The van der Waals surface area contributed by atoms with Crippen molar-refractivity contribution < 1.29 is 6.22 Å². The summed E-state index contributed by atoms with van der Waals surface area (Å²) in [5.74, 6) is 0.230. The maximum absolute atomic E-state index is 12.1. The maximum atomic E-state index is 12.1. The Hall–Kier alpha value is -1.31. The van der Waals surface area contributed by atoms with E-state index in [1.165, 1.54) is 24.0 Å². The van der Waals surface area contributed by atoms with Gasteiger partial charge in [0.2, 0.25) is 5.91 Å². The molecular formula is C14H19NO. The summed E-state index contributed by atoms with van der Waals surface area (Å²) in [4.78, 5) is 12.1. The Balaban J connectivity index is 0.00000108. The zero-order valence-electron chi connectivity index (χ0n) is 9.68. The average Bonchev–Trinajstić information content (AvgIpc) is 2.88. The molecule has 0 aromatic heterocycles. The van der Waals surface area contributed by atoms with Crippen molar-refractivity contribution in [3.8, 4) is 0 Å². The van der Waals surface area contributed by atoms with Crippen LogP contribution in [0.25, 0.3) is 0 Å². The summed E-state index contributed by atoms with van der Waals surface area (Å²) < 4.78 is 0. The molecule has 1 aliphatic carbocycles. The number of nitrogens with one attached hydrogen (secondary N) is 1. The van der Waals surface area contributed by atoms with Crippen molar-refractivity contribution in [2.45, 2.75) is 44.4 Å². The highest BCUT2D eigenvalue weighted by Crippen LogP contribution is 2.48. The van der Waals surface area contributed by atoms with Crippen LogP contribution in [0.5, 0.6) is 0 Å². The van der Waals surface area contributed by atoms with Gasteiger partial charge < -0.3 is 5.32 Å². The predicted octanol–water partition coefficient (Wildman–Crippen LogP) is 3.26. The van der Waals surface area contributed by atoms with Crippen LogP contribution < -0.4 is 5.32 Å². The van der Waals surface area contributed by atoms with Crippen molar-refractivity contribution in [1.29, 1.82) is 0 Å². The normalized spacial score (nSPS) is 21.2. The first kappa shape index (κ1) is 9.88. The largest absolute Gasteiger partial charge is 0.325 e. The summed E-state index contributed by atoms with van der Waals surface area (Å²) in [5, 5.41) is 3.04. The molecule has 1 aromatic rings. The molecule has 16 heavy (non-hydrogen) atoms. The zero-order valence-corrected chi connectivity index (χ0v) is 9.68. The van der Waals surface area contributed by atoms with E-state index in [0.29, 0.717) is 0 Å². The maximum Gasteiger partial charge on any atom is 0.235 e. The van der Waals surface area contributed by atoms with Crippen molar-refractivity contribution in [3.63, 3.8) is 0 Å². The standard InChI is InChI=1S/C14H17NO.H2/c1-2-10-5-6-12-11(9-10)14(13(16)15-12)7-3-4-8-14;/h5-6,9H,2-4,7-8H2,1H3,(H,15,16);1H. The van der Waals surface area contributed by atoms with Crippen LogP contribution in [-0.4, -0.2) is 5.91 Å². The zero-order chi connectivity index (χ0) is 11.2. The minimum atomic E-state index is -0.180. The third-order valence-corrected chi connectivity index (χ3v) is 4.15. The molecule has 2 heteroatoms. The molecule has 1 heterocycles. The van der Waals surface area contributed by atoms with E-state index in [1.807, 2.05) is 0 Å². The predicted molar refractivity (Wildman–Crippen MR) is 66.7 cm³/mol. The molecule has 1 saturated carbocycles. The van der Waals surface area contributed by atoms with Gasteiger partial charge in [-0.1, -0.05) is 31.9 Å². The Morgan fingerprint density at radius 2 is 2.12 bits per heavy atom. The molecule has 1 fully saturated rings. The highest BCUT2D eigenvalue weighted by Gasteiger charge is 2.48. The van der Waals surface area contributed by atoms with E-state index in [1.54, 1.807) is 0 Å². The smallest absolute Gasteiger partial charge is 0.235 e. The van der Waals surface area contributed by atoms with Crippen LogP contribution in [-0.2, 0) is 16.6 Å². The second kappa shape index (κ2) is 3.34. The molecule has 0 bridgehead atoms. The lowest BCUT2D eigenvalue weighted by Gasteiger charge is -2.20. The van der Waals surface area contributed by atoms with Crippen molar-refractivity contribution in [2.24, 2.45) is 0 Å². The molecule has 86 valence electrons. The summed E-state index contributed by atoms with van der Waals surface area (Å²) in [5.41, 5.74) is 3.46. The summed E-state index contributed by atoms with van der Waals surface area (Å²) in [6, 6.07) is 6.42. The lowest BCUT2D eigenvalue weighted by molar-refractivity contribution is -0.120. The third kappa shape index (κ3) is 1.16. The molecule has 2 nitrogen and oxygen atoms in total. The topological polar surface area (TPSA) is 29.1 Å². The molecule has 3 rings (SSSR count). The van der Waals surface area contributed by atoms with E-state index >= 15 is 0 Å². The molecule has 2 aliphatic rings. The number of hydrogen-bond donors (Lipinski definition) is 1. The molecule has 1 aromatic carbocycles. The van der Waals surface area contributed by atoms with Gasteiger partial charge in [-0.3, -0.25) is 4.79 Å². The van der Waals surface area contributed by atoms with Gasteiger partial charge in [0, 0.05) is 7.11 Å². The van der Waals surface area contributed by atoms with Crippen molar-refractivity contribution >= 4 is 11.6 Å². The summed E-state index contributed by atoms with van der Waals surface area (Å²) in [6.07, 6.45) is 5.46. The van der Waals surface area contributed by atoms with E-state index in [9.17, 15) is 4.79 Å². The summed E-state index contributed by atoms with van der Waals surface area (Å²) in [6.45, 7) is 2.16. The van der Waals surface area contributed by atoms with Crippen molar-refractivity contribution in [1.82, 2.24) is 0 Å². The molecule has 0 atom stereocenters. The van der Waals surface area contributed by atoms with E-state index in [4.69, 9.17) is 0 Å². The molecule has 1 amide bonds. The SMILES string of the molecule is CCc1ccc2c(c1)C1(CCCC1)C(=O)N2.[HH]. The molecule has 0 unspecified atom stereocenters. The Bertz CT molecular complexity index is 450. The fourth-order valence-corrected chi connectivity index (χ4v) is 3.16. The lowest BCUT2D eigenvalue weighted by atomic mass is 9.79. The van der Waals surface area contributed by atoms with E-state index in [2.05, 4.69) is 30.4 Å². The van der Waals surface area contributed by atoms with Gasteiger partial charge in [-0.05, 0) is 36.5 Å². The minimum absolute atomic E-state index is 0. The monoisotopic (exact) mass is 217 g/mol. The van der Waals surface area contributed by atoms with Crippen LogP contribution in [0.1, 0.15) is 45.2 Å². The van der Waals surface area contributed by atoms with Gasteiger partial charge >= 0.3 is 0 Å². The second-order valence-electron chi connectivity index (χ2n) is 4.98. The molecule has 1 spiro atoms. The van der Waals surface area contributed by atoms with Crippen molar-refractivity contribution in [3.05, 3.63) is 29.3 Å². The van der Waals surface area contributed by atoms with E-state index in [-0.39, 0.29) is 12.7 Å². The molecular weight excluding hydrogens is 198 g/mol. The Labute approximate surface area is 97.5 Å². The number of anilines is 1. The lowest BCUT2D eigenvalue weighted by Crippen LogP contribution is -2.30. The van der Waals surface area contributed by atoms with Crippen LogP contribution in [0.15, 0.2) is 18.2 Å². The van der Waals surface area contributed by atoms with E-state index < -0.39 is 0 Å². The Kier molecular flexibility index (Phi) is 2.06. The van der Waals surface area contributed by atoms with Gasteiger partial charge in [-0.15, -0.1) is 0 Å². The number of carbonyl (C=O) groups is 1. The van der Waals surface area contributed by atoms with Gasteiger partial charge in [0.25, 0.3) is 0 Å². The Morgan fingerprint density at radius 3 is 2.81 bits per heavy atom. The second-order valence-corrected chi connectivity index (χ2v) is 4.98. The van der Waals surface area contributed by atoms with Crippen LogP contribution in [0.2, 0.25) is 0 Å². The van der Waals surface area contributed by atoms with E-state index in [0.717, 1.165) is 24.9 Å². The molecule has 1 N–H and O–H groups in total. The number of amides is 1. The summed E-state index contributed by atoms with van der Waals surface area (Å²) >= 11 is 0. The number of carbonyl (C=O) groups excluding carboxylic acids is 1. The molecule has 0 radical (unpaired) electrons. The van der Waals surface area contributed by atoms with Crippen LogP contribution in [0, 0.1) is 0 Å². The van der Waals surface area contributed by atoms with Gasteiger partial charge in [0.05, 0.1) is 5.41 Å². The number of fused-ring (bicyclic) bond motifs is 2. The first-order valence-electron chi connectivity index (χ1n) is 6.21. The number of benzene rings is 1. The third-order valence-electron chi connectivity index (χ3n) is 4.15. The van der Waals surface area contributed by atoms with Crippen LogP contribution in [0.4, 0.5) is 5.69 Å². The van der Waals surface area contributed by atoms with Crippen LogP contribution in [0.3, 0.4) is 0 Å². The quantitative estimate of drug-likeness (QED) is 0.768. The average molecular weight is 217 g/mol. The fraction of sp³-hybridized carbons (Fsp3) is 0.500.